The van der Waals surface area contributed by atoms with Crippen molar-refractivity contribution in [3.05, 3.63) is 36.4 Å². The van der Waals surface area contributed by atoms with E-state index in [1.54, 1.807) is 12.5 Å². The van der Waals surface area contributed by atoms with Gasteiger partial charge in [-0.1, -0.05) is 0 Å². The maximum absolute atomic E-state index is 8.88. The molecule has 0 spiro atoms. The average Bonchev–Trinajstić information content (AvgIpc) is 2.94. The van der Waals surface area contributed by atoms with Gasteiger partial charge in [0, 0.05) is 35.6 Å². The quantitative estimate of drug-likeness (QED) is 0.862. The molecule has 106 valence electrons. The van der Waals surface area contributed by atoms with Crippen molar-refractivity contribution in [2.75, 3.05) is 0 Å². The van der Waals surface area contributed by atoms with Gasteiger partial charge < -0.3 is 9.13 Å². The number of aromatic nitrogens is 4. The molecule has 0 saturated heterocycles. The molecule has 0 fully saturated rings. The lowest BCUT2D eigenvalue weighted by atomic mass is 9.97. The van der Waals surface area contributed by atoms with E-state index in [9.17, 15) is 0 Å². The first-order chi connectivity index (χ1) is 9.24. The number of nitriles is 1. The van der Waals surface area contributed by atoms with Crippen LogP contribution in [0.5, 0.6) is 0 Å². The fourth-order valence-corrected chi connectivity index (χ4v) is 2.30. The minimum atomic E-state index is -0.162. The molecule has 2 aromatic heterocycles. The molecule has 2 rings (SSSR count). The van der Waals surface area contributed by atoms with Crippen molar-refractivity contribution < 1.29 is 0 Å². The van der Waals surface area contributed by atoms with E-state index in [0.717, 1.165) is 6.42 Å². The number of hydrogen-bond donors (Lipinski definition) is 0. The smallest absolute Gasteiger partial charge is 0.158 e. The topological polar surface area (TPSA) is 59.4 Å². The van der Waals surface area contributed by atoms with Crippen LogP contribution in [-0.2, 0) is 17.5 Å². The van der Waals surface area contributed by atoms with E-state index in [0.29, 0.717) is 5.69 Å². The first kappa shape index (κ1) is 14.3. The molecule has 0 radical (unpaired) electrons. The van der Waals surface area contributed by atoms with E-state index < -0.39 is 0 Å². The molecule has 5 nitrogen and oxygen atoms in total. The van der Waals surface area contributed by atoms with Gasteiger partial charge in [0.25, 0.3) is 0 Å². The summed E-state index contributed by atoms with van der Waals surface area (Å²) in [6, 6.07) is 2.06. The van der Waals surface area contributed by atoms with Crippen molar-refractivity contribution in [2.24, 2.45) is 0 Å². The van der Waals surface area contributed by atoms with Crippen molar-refractivity contribution in [1.82, 2.24) is 19.1 Å². The molecule has 5 heteroatoms. The van der Waals surface area contributed by atoms with E-state index in [-0.39, 0.29) is 11.1 Å². The van der Waals surface area contributed by atoms with Crippen molar-refractivity contribution in [3.8, 4) is 6.07 Å². The number of hydrogen-bond acceptors (Lipinski definition) is 3. The Kier molecular flexibility index (Phi) is 3.43. The molecule has 20 heavy (non-hydrogen) atoms. The zero-order valence-electron chi connectivity index (χ0n) is 12.8. The molecule has 0 aliphatic carbocycles. The second-order valence-electron chi connectivity index (χ2n) is 6.69. The Morgan fingerprint density at radius 1 is 1.20 bits per heavy atom. The second kappa shape index (κ2) is 4.78. The van der Waals surface area contributed by atoms with Gasteiger partial charge in [-0.3, -0.25) is 0 Å². The Morgan fingerprint density at radius 3 is 2.45 bits per heavy atom. The van der Waals surface area contributed by atoms with Crippen LogP contribution in [0.25, 0.3) is 0 Å². The van der Waals surface area contributed by atoms with Gasteiger partial charge in [-0.2, -0.15) is 5.26 Å². The summed E-state index contributed by atoms with van der Waals surface area (Å²) < 4.78 is 4.18. The molecule has 2 aromatic rings. The first-order valence-electron chi connectivity index (χ1n) is 6.70. The summed E-state index contributed by atoms with van der Waals surface area (Å²) in [6.45, 7) is 10.8. The first-order valence-corrected chi connectivity index (χ1v) is 6.70. The number of rotatable bonds is 3. The van der Waals surface area contributed by atoms with Crippen LogP contribution in [0.15, 0.2) is 25.0 Å². The van der Waals surface area contributed by atoms with Crippen molar-refractivity contribution >= 4 is 0 Å². The molecular formula is C15H21N5. The Bertz CT molecular complexity index is 634. The Labute approximate surface area is 119 Å². The van der Waals surface area contributed by atoms with Gasteiger partial charge >= 0.3 is 0 Å². The highest BCUT2D eigenvalue weighted by Crippen LogP contribution is 2.24. The molecule has 2 heterocycles. The zero-order chi connectivity index (χ0) is 15.0. The lowest BCUT2D eigenvalue weighted by Crippen LogP contribution is -2.31. The minimum absolute atomic E-state index is 0.00860. The highest BCUT2D eigenvalue weighted by molar-refractivity contribution is 5.17. The third-order valence-electron chi connectivity index (χ3n) is 3.45. The normalized spacial score (nSPS) is 12.4. The monoisotopic (exact) mass is 271 g/mol. The fraction of sp³-hybridized carbons (Fsp3) is 0.533. The van der Waals surface area contributed by atoms with Gasteiger partial charge in [0.2, 0.25) is 0 Å². The number of imidazole rings is 2. The Morgan fingerprint density at radius 2 is 1.90 bits per heavy atom. The van der Waals surface area contributed by atoms with Crippen LogP contribution in [0.1, 0.15) is 46.0 Å². The van der Waals surface area contributed by atoms with E-state index in [1.165, 1.54) is 5.69 Å². The molecule has 0 amide bonds. The fourth-order valence-electron chi connectivity index (χ4n) is 2.30. The standard InChI is InChI=1S/C15H21N5/c1-14(2,3)20-10-17-8-13(20)6-15(4,5)19-9-12(7-16)18-11-19/h8-11H,6H2,1-5H3. The van der Waals surface area contributed by atoms with Crippen molar-refractivity contribution in [3.63, 3.8) is 0 Å². The van der Waals surface area contributed by atoms with Gasteiger partial charge in [-0.25, -0.2) is 9.97 Å². The van der Waals surface area contributed by atoms with Crippen LogP contribution >= 0.6 is 0 Å². The molecule has 0 unspecified atom stereocenters. The Hall–Kier alpha value is -2.09. The Balaban J connectivity index is 2.29. The third-order valence-corrected chi connectivity index (χ3v) is 3.45. The van der Waals surface area contributed by atoms with Crippen LogP contribution in [0.4, 0.5) is 0 Å². The van der Waals surface area contributed by atoms with E-state index in [1.807, 2.05) is 17.1 Å². The molecule has 0 aliphatic rings. The lowest BCUT2D eigenvalue weighted by molar-refractivity contribution is 0.321. The molecule has 0 saturated carbocycles. The lowest BCUT2D eigenvalue weighted by Gasteiger charge is -2.30. The molecule has 0 aliphatic heterocycles. The van der Waals surface area contributed by atoms with Crippen molar-refractivity contribution in [1.29, 1.82) is 5.26 Å². The maximum Gasteiger partial charge on any atom is 0.158 e. The largest absolute Gasteiger partial charge is 0.330 e. The summed E-state index contributed by atoms with van der Waals surface area (Å²) in [4.78, 5) is 8.35. The third kappa shape index (κ3) is 2.74. The van der Waals surface area contributed by atoms with Gasteiger partial charge in [0.15, 0.2) is 5.69 Å². The molecule has 0 bridgehead atoms. The summed E-state index contributed by atoms with van der Waals surface area (Å²) in [5.74, 6) is 0. The van der Waals surface area contributed by atoms with E-state index in [4.69, 9.17) is 5.26 Å². The zero-order valence-corrected chi connectivity index (χ0v) is 12.8. The highest BCUT2D eigenvalue weighted by Gasteiger charge is 2.25. The molecule has 0 N–H and O–H groups in total. The van der Waals surface area contributed by atoms with Gasteiger partial charge in [-0.15, -0.1) is 0 Å². The highest BCUT2D eigenvalue weighted by atomic mass is 15.1. The minimum Gasteiger partial charge on any atom is -0.330 e. The van der Waals surface area contributed by atoms with Gasteiger partial charge in [0.05, 0.1) is 12.7 Å². The summed E-state index contributed by atoms with van der Waals surface area (Å²) in [7, 11) is 0. The summed E-state index contributed by atoms with van der Waals surface area (Å²) in [5, 5.41) is 8.88. The van der Waals surface area contributed by atoms with Crippen LogP contribution < -0.4 is 0 Å². The van der Waals surface area contributed by atoms with E-state index in [2.05, 4.69) is 55.2 Å². The van der Waals surface area contributed by atoms with Gasteiger partial charge in [-0.05, 0) is 34.6 Å². The van der Waals surface area contributed by atoms with Crippen LogP contribution in [-0.4, -0.2) is 19.1 Å². The van der Waals surface area contributed by atoms with Gasteiger partial charge in [0.1, 0.15) is 6.07 Å². The summed E-state index contributed by atoms with van der Waals surface area (Å²) >= 11 is 0. The SMILES string of the molecule is CC(C)(C)n1cncc1CC(C)(C)n1cnc(C#N)c1. The average molecular weight is 271 g/mol. The maximum atomic E-state index is 8.88. The molecule has 0 aromatic carbocycles. The van der Waals surface area contributed by atoms with Crippen LogP contribution in [0.3, 0.4) is 0 Å². The second-order valence-corrected chi connectivity index (χ2v) is 6.69. The predicted molar refractivity (Wildman–Crippen MR) is 77.2 cm³/mol. The number of nitrogens with zero attached hydrogens (tertiary/aromatic N) is 5. The summed E-state index contributed by atoms with van der Waals surface area (Å²) in [5.41, 5.74) is 1.47. The predicted octanol–water partition coefficient (Wildman–Crippen LogP) is 2.68. The van der Waals surface area contributed by atoms with E-state index >= 15 is 0 Å². The van der Waals surface area contributed by atoms with Crippen LogP contribution in [0.2, 0.25) is 0 Å². The molecular weight excluding hydrogens is 250 g/mol. The molecule has 0 atom stereocenters. The van der Waals surface area contributed by atoms with Crippen LogP contribution in [0, 0.1) is 11.3 Å². The van der Waals surface area contributed by atoms with Crippen molar-refractivity contribution in [2.45, 2.75) is 52.1 Å². The summed E-state index contributed by atoms with van der Waals surface area (Å²) in [6.07, 6.45) is 8.12.